The Labute approximate surface area is 103 Å². The molecular formula is C13H12N2O3. The number of carbonyl (C=O) groups is 2. The lowest BCUT2D eigenvalue weighted by Gasteiger charge is -2.10. The number of amides is 1. The second-order valence-corrected chi connectivity index (χ2v) is 3.91. The van der Waals surface area contributed by atoms with Crippen LogP contribution in [0.15, 0.2) is 36.5 Å². The summed E-state index contributed by atoms with van der Waals surface area (Å²) in [6, 6.07) is 7.87. The number of pyridine rings is 1. The fourth-order valence-corrected chi connectivity index (χ4v) is 1.63. The Hall–Kier alpha value is -2.43. The Kier molecular flexibility index (Phi) is 3.23. The van der Waals surface area contributed by atoms with Gasteiger partial charge in [0.05, 0.1) is 11.1 Å². The smallest absolute Gasteiger partial charge is 0.325 e. The third-order valence-corrected chi connectivity index (χ3v) is 2.61. The highest BCUT2D eigenvalue weighted by Crippen LogP contribution is 2.15. The van der Waals surface area contributed by atoms with Crippen molar-refractivity contribution in [3.8, 4) is 0 Å². The van der Waals surface area contributed by atoms with Crippen LogP contribution in [-0.4, -0.2) is 28.0 Å². The molecule has 18 heavy (non-hydrogen) atoms. The van der Waals surface area contributed by atoms with Gasteiger partial charge in [-0.25, -0.2) is 0 Å². The molecule has 0 unspecified atom stereocenters. The number of para-hydroxylation sites is 1. The van der Waals surface area contributed by atoms with Crippen LogP contribution in [0, 0.1) is 0 Å². The van der Waals surface area contributed by atoms with Gasteiger partial charge in [-0.2, -0.15) is 0 Å². The summed E-state index contributed by atoms with van der Waals surface area (Å²) in [4.78, 5) is 26.8. The zero-order valence-electron chi connectivity index (χ0n) is 9.75. The van der Waals surface area contributed by atoms with Crippen molar-refractivity contribution in [2.45, 2.75) is 13.0 Å². The largest absolute Gasteiger partial charge is 0.480 e. The van der Waals surface area contributed by atoms with Gasteiger partial charge in [0.1, 0.15) is 6.04 Å². The van der Waals surface area contributed by atoms with Gasteiger partial charge in [0, 0.05) is 11.6 Å². The van der Waals surface area contributed by atoms with Gasteiger partial charge >= 0.3 is 5.97 Å². The number of benzene rings is 1. The van der Waals surface area contributed by atoms with Gasteiger partial charge < -0.3 is 10.4 Å². The Balaban J connectivity index is 2.36. The van der Waals surface area contributed by atoms with E-state index >= 15 is 0 Å². The third-order valence-electron chi connectivity index (χ3n) is 2.61. The van der Waals surface area contributed by atoms with Gasteiger partial charge in [0.25, 0.3) is 5.91 Å². The summed E-state index contributed by atoms with van der Waals surface area (Å²) in [6.07, 6.45) is 1.53. The van der Waals surface area contributed by atoms with Crippen molar-refractivity contribution in [3.05, 3.63) is 42.1 Å². The number of aliphatic carboxylic acids is 1. The Morgan fingerprint density at radius 2 is 2.00 bits per heavy atom. The molecule has 92 valence electrons. The van der Waals surface area contributed by atoms with Crippen molar-refractivity contribution < 1.29 is 14.7 Å². The Morgan fingerprint density at radius 1 is 1.28 bits per heavy atom. The summed E-state index contributed by atoms with van der Waals surface area (Å²) in [5.41, 5.74) is 1.13. The zero-order chi connectivity index (χ0) is 13.1. The SMILES string of the molecule is C[C@@H](NC(=O)c1ccnc2ccccc12)C(=O)O. The molecular weight excluding hydrogens is 232 g/mol. The monoisotopic (exact) mass is 244 g/mol. The summed E-state index contributed by atoms with van der Waals surface area (Å²) in [7, 11) is 0. The number of carboxylic acids is 1. The molecule has 2 N–H and O–H groups in total. The average molecular weight is 244 g/mol. The highest BCUT2D eigenvalue weighted by Gasteiger charge is 2.16. The fourth-order valence-electron chi connectivity index (χ4n) is 1.63. The highest BCUT2D eigenvalue weighted by molar-refractivity contribution is 6.06. The van der Waals surface area contributed by atoms with Crippen LogP contribution in [0.4, 0.5) is 0 Å². The van der Waals surface area contributed by atoms with Crippen LogP contribution in [0.3, 0.4) is 0 Å². The number of fused-ring (bicyclic) bond motifs is 1. The quantitative estimate of drug-likeness (QED) is 0.856. The van der Waals surface area contributed by atoms with Gasteiger partial charge in [-0.05, 0) is 19.1 Å². The summed E-state index contributed by atoms with van der Waals surface area (Å²) < 4.78 is 0. The minimum absolute atomic E-state index is 0.413. The van der Waals surface area contributed by atoms with Gasteiger partial charge in [-0.1, -0.05) is 18.2 Å². The summed E-state index contributed by atoms with van der Waals surface area (Å²) >= 11 is 0. The van der Waals surface area contributed by atoms with E-state index in [0.29, 0.717) is 16.5 Å². The maximum atomic E-state index is 12.0. The van der Waals surface area contributed by atoms with Crippen LogP contribution in [-0.2, 0) is 4.79 Å². The van der Waals surface area contributed by atoms with E-state index in [1.165, 1.54) is 13.1 Å². The number of carbonyl (C=O) groups excluding carboxylic acids is 1. The molecule has 2 aromatic rings. The molecule has 5 nitrogen and oxygen atoms in total. The lowest BCUT2D eigenvalue weighted by atomic mass is 10.1. The van der Waals surface area contributed by atoms with E-state index in [1.54, 1.807) is 24.3 Å². The minimum atomic E-state index is -1.07. The first-order valence-electron chi connectivity index (χ1n) is 5.47. The predicted octanol–water partition coefficient (Wildman–Crippen LogP) is 1.44. The third kappa shape index (κ3) is 2.29. The maximum absolute atomic E-state index is 12.0. The summed E-state index contributed by atoms with van der Waals surface area (Å²) in [6.45, 7) is 1.42. The van der Waals surface area contributed by atoms with Crippen molar-refractivity contribution in [1.82, 2.24) is 10.3 Å². The molecule has 5 heteroatoms. The van der Waals surface area contributed by atoms with E-state index in [1.807, 2.05) is 6.07 Å². The van der Waals surface area contributed by atoms with E-state index < -0.39 is 17.9 Å². The van der Waals surface area contributed by atoms with Crippen molar-refractivity contribution in [2.75, 3.05) is 0 Å². The number of nitrogens with zero attached hydrogens (tertiary/aromatic N) is 1. The molecule has 2 rings (SSSR count). The first-order valence-corrected chi connectivity index (χ1v) is 5.47. The highest BCUT2D eigenvalue weighted by atomic mass is 16.4. The molecule has 0 bridgehead atoms. The van der Waals surface area contributed by atoms with Crippen molar-refractivity contribution >= 4 is 22.8 Å². The van der Waals surface area contributed by atoms with Gasteiger partial charge in [-0.15, -0.1) is 0 Å². The number of carboxylic acid groups (broad SMARTS) is 1. The van der Waals surface area contributed by atoms with Gasteiger partial charge in [0.15, 0.2) is 0 Å². The first kappa shape index (κ1) is 12.0. The van der Waals surface area contributed by atoms with Crippen LogP contribution in [0.2, 0.25) is 0 Å². The number of nitrogens with one attached hydrogen (secondary N) is 1. The van der Waals surface area contributed by atoms with E-state index in [9.17, 15) is 9.59 Å². The van der Waals surface area contributed by atoms with E-state index in [0.717, 1.165) is 0 Å². The van der Waals surface area contributed by atoms with E-state index in [2.05, 4.69) is 10.3 Å². The van der Waals surface area contributed by atoms with Crippen LogP contribution < -0.4 is 5.32 Å². The lowest BCUT2D eigenvalue weighted by Crippen LogP contribution is -2.38. The van der Waals surface area contributed by atoms with Crippen LogP contribution in [0.1, 0.15) is 17.3 Å². The second-order valence-electron chi connectivity index (χ2n) is 3.91. The standard InChI is InChI=1S/C13H12N2O3/c1-8(13(17)18)15-12(16)10-6-7-14-11-5-3-2-4-9(10)11/h2-8H,1H3,(H,15,16)(H,17,18)/t8-/m1/s1. The average Bonchev–Trinajstić information content (AvgIpc) is 2.37. The van der Waals surface area contributed by atoms with Crippen molar-refractivity contribution in [2.24, 2.45) is 0 Å². The molecule has 1 heterocycles. The van der Waals surface area contributed by atoms with Crippen molar-refractivity contribution in [3.63, 3.8) is 0 Å². The van der Waals surface area contributed by atoms with E-state index in [4.69, 9.17) is 5.11 Å². The maximum Gasteiger partial charge on any atom is 0.325 e. The molecule has 0 aliphatic rings. The number of hydrogen-bond donors (Lipinski definition) is 2. The first-order chi connectivity index (χ1) is 8.59. The van der Waals surface area contributed by atoms with Crippen molar-refractivity contribution in [1.29, 1.82) is 0 Å². The van der Waals surface area contributed by atoms with E-state index in [-0.39, 0.29) is 0 Å². The zero-order valence-corrected chi connectivity index (χ0v) is 9.75. The molecule has 0 saturated carbocycles. The number of hydrogen-bond acceptors (Lipinski definition) is 3. The minimum Gasteiger partial charge on any atom is -0.480 e. The molecule has 1 aromatic heterocycles. The van der Waals surface area contributed by atoms with Gasteiger partial charge in [0.2, 0.25) is 0 Å². The lowest BCUT2D eigenvalue weighted by molar-refractivity contribution is -0.138. The predicted molar refractivity (Wildman–Crippen MR) is 66.3 cm³/mol. The normalized spacial score (nSPS) is 12.1. The van der Waals surface area contributed by atoms with Crippen LogP contribution >= 0.6 is 0 Å². The molecule has 1 amide bonds. The Bertz CT molecular complexity index is 605. The van der Waals surface area contributed by atoms with Crippen LogP contribution in [0.25, 0.3) is 10.9 Å². The van der Waals surface area contributed by atoms with Gasteiger partial charge in [-0.3, -0.25) is 14.6 Å². The molecule has 0 saturated heterocycles. The molecule has 0 radical (unpaired) electrons. The number of aromatic nitrogens is 1. The summed E-state index contributed by atoms with van der Waals surface area (Å²) in [5, 5.41) is 11.9. The molecule has 0 aliphatic heterocycles. The second kappa shape index (κ2) is 4.83. The number of rotatable bonds is 3. The topological polar surface area (TPSA) is 79.3 Å². The van der Waals surface area contributed by atoms with Crippen LogP contribution in [0.5, 0.6) is 0 Å². The molecule has 0 fully saturated rings. The Morgan fingerprint density at radius 3 is 2.72 bits per heavy atom. The summed E-state index contributed by atoms with van der Waals surface area (Å²) in [5.74, 6) is -1.48. The molecule has 0 spiro atoms. The molecule has 0 aliphatic carbocycles. The molecule has 1 atom stereocenters. The fraction of sp³-hybridized carbons (Fsp3) is 0.154. The molecule has 1 aromatic carbocycles.